The maximum Gasteiger partial charge on any atom is 0.303 e. The van der Waals surface area contributed by atoms with Gasteiger partial charge in [0.05, 0.1) is 0 Å². The Morgan fingerprint density at radius 3 is 2.63 bits per heavy atom. The van der Waals surface area contributed by atoms with Gasteiger partial charge in [-0.3, -0.25) is 14.4 Å². The molecule has 2 aliphatic rings. The van der Waals surface area contributed by atoms with Crippen LogP contribution in [0.2, 0.25) is 0 Å². The van der Waals surface area contributed by atoms with Crippen LogP contribution in [0.4, 0.5) is 0 Å². The summed E-state index contributed by atoms with van der Waals surface area (Å²) >= 11 is 0. The topological polar surface area (TPSA) is 80.7 Å². The minimum atomic E-state index is -0.756. The van der Waals surface area contributed by atoms with Gasteiger partial charge in [0.25, 0.3) is 0 Å². The lowest BCUT2D eigenvalue weighted by Crippen LogP contribution is -2.52. The van der Waals surface area contributed by atoms with E-state index in [4.69, 9.17) is 9.84 Å². The molecule has 0 amide bonds. The summed E-state index contributed by atoms with van der Waals surface area (Å²) < 4.78 is 5.26. The lowest BCUT2D eigenvalue weighted by atomic mass is 9.46. The second-order valence-corrected chi connectivity index (χ2v) is 9.28. The van der Waals surface area contributed by atoms with Gasteiger partial charge in [0.1, 0.15) is 6.61 Å². The van der Waals surface area contributed by atoms with Crippen LogP contribution in [0.15, 0.2) is 11.6 Å². The second kappa shape index (κ2) is 8.15. The van der Waals surface area contributed by atoms with E-state index in [1.807, 2.05) is 6.92 Å². The average Bonchev–Trinajstić information content (AvgIpc) is 2.56. The molecule has 0 radical (unpaired) electrons. The van der Waals surface area contributed by atoms with E-state index in [0.717, 1.165) is 31.3 Å². The van der Waals surface area contributed by atoms with Gasteiger partial charge in [0, 0.05) is 19.8 Å². The number of carboxylic acids is 1. The number of hydrogen-bond donors (Lipinski definition) is 1. The zero-order chi connectivity index (χ0) is 20.4. The Labute approximate surface area is 162 Å². The summed E-state index contributed by atoms with van der Waals surface area (Å²) in [6.45, 7) is 10.3. The fraction of sp³-hybridized carbons (Fsp3) is 0.773. The predicted octanol–water partition coefficient (Wildman–Crippen LogP) is 4.40. The van der Waals surface area contributed by atoms with Crippen LogP contribution in [0.5, 0.6) is 0 Å². The molecule has 0 saturated heterocycles. The summed E-state index contributed by atoms with van der Waals surface area (Å²) in [6.07, 6.45) is 6.20. The number of aliphatic carboxylic acids is 1. The molecule has 0 heterocycles. The summed E-state index contributed by atoms with van der Waals surface area (Å²) in [5.41, 5.74) is 0.752. The third kappa shape index (κ3) is 4.61. The number of ether oxygens (including phenoxy) is 1. The summed E-state index contributed by atoms with van der Waals surface area (Å²) in [7, 11) is 0. The van der Waals surface area contributed by atoms with Gasteiger partial charge in [-0.05, 0) is 65.9 Å². The number of fused-ring (bicyclic) bond motifs is 1. The van der Waals surface area contributed by atoms with Crippen molar-refractivity contribution >= 4 is 17.7 Å². The van der Waals surface area contributed by atoms with Gasteiger partial charge in [-0.1, -0.05) is 27.7 Å². The standard InChI is InChI=1S/C22H34O5/c1-14(10-20(25)26)6-8-21(4)15(2)7-9-22(5)17(13-27-16(3)23)11-18(24)12-19(21)22/h11,14-15,19H,6-10,12-13H2,1-5H3,(H,25,26). The monoisotopic (exact) mass is 378 g/mol. The van der Waals surface area contributed by atoms with Crippen LogP contribution in [0.3, 0.4) is 0 Å². The molecule has 0 spiro atoms. The van der Waals surface area contributed by atoms with Gasteiger partial charge in [-0.25, -0.2) is 0 Å². The highest BCUT2D eigenvalue weighted by Crippen LogP contribution is 2.61. The van der Waals surface area contributed by atoms with E-state index >= 15 is 0 Å². The fourth-order valence-electron chi connectivity index (χ4n) is 5.32. The third-order valence-corrected chi connectivity index (χ3v) is 7.39. The Morgan fingerprint density at radius 2 is 2.04 bits per heavy atom. The highest BCUT2D eigenvalue weighted by Gasteiger charge is 2.55. The number of esters is 1. The molecule has 5 atom stereocenters. The Bertz CT molecular complexity index is 637. The molecule has 0 bridgehead atoms. The van der Waals surface area contributed by atoms with Gasteiger partial charge in [0.15, 0.2) is 5.78 Å². The summed E-state index contributed by atoms with van der Waals surface area (Å²) in [5.74, 6) is -0.201. The van der Waals surface area contributed by atoms with Gasteiger partial charge in [0.2, 0.25) is 0 Å². The first-order valence-electron chi connectivity index (χ1n) is 10.1. The largest absolute Gasteiger partial charge is 0.481 e. The fourth-order valence-corrected chi connectivity index (χ4v) is 5.32. The molecule has 0 aliphatic heterocycles. The van der Waals surface area contributed by atoms with Crippen molar-refractivity contribution in [2.45, 2.75) is 73.1 Å². The van der Waals surface area contributed by atoms with Crippen LogP contribution in [0.1, 0.15) is 73.1 Å². The zero-order valence-corrected chi connectivity index (χ0v) is 17.3. The minimum Gasteiger partial charge on any atom is -0.481 e. The first-order valence-corrected chi connectivity index (χ1v) is 10.1. The average molecular weight is 379 g/mol. The van der Waals surface area contributed by atoms with Crippen molar-refractivity contribution in [1.82, 2.24) is 0 Å². The first kappa shape index (κ1) is 21.6. The van der Waals surface area contributed by atoms with Gasteiger partial charge in [-0.2, -0.15) is 0 Å². The molecule has 5 unspecified atom stereocenters. The van der Waals surface area contributed by atoms with Crippen LogP contribution in [0, 0.1) is 28.6 Å². The molecule has 2 aliphatic carbocycles. The number of rotatable bonds is 7. The van der Waals surface area contributed by atoms with Crippen molar-refractivity contribution in [3.05, 3.63) is 11.6 Å². The Kier molecular flexibility index (Phi) is 6.54. The highest BCUT2D eigenvalue weighted by atomic mass is 16.5. The Hall–Kier alpha value is -1.65. The summed E-state index contributed by atoms with van der Waals surface area (Å²) in [5, 5.41) is 9.05. The Morgan fingerprint density at radius 1 is 1.37 bits per heavy atom. The quantitative estimate of drug-likeness (QED) is 0.664. The van der Waals surface area contributed by atoms with E-state index in [0.29, 0.717) is 12.3 Å². The highest BCUT2D eigenvalue weighted by molar-refractivity contribution is 5.92. The van der Waals surface area contributed by atoms with Crippen molar-refractivity contribution < 1.29 is 24.2 Å². The first-order chi connectivity index (χ1) is 12.5. The molecule has 0 aromatic rings. The van der Waals surface area contributed by atoms with Crippen molar-refractivity contribution in [2.75, 3.05) is 6.61 Å². The number of ketones is 1. The summed E-state index contributed by atoms with van der Waals surface area (Å²) in [6, 6.07) is 0. The van der Waals surface area contributed by atoms with Gasteiger partial charge >= 0.3 is 11.9 Å². The number of carbonyl (C=O) groups excluding carboxylic acids is 2. The maximum absolute atomic E-state index is 12.5. The van der Waals surface area contributed by atoms with Crippen molar-refractivity contribution in [2.24, 2.45) is 28.6 Å². The zero-order valence-electron chi connectivity index (χ0n) is 17.3. The smallest absolute Gasteiger partial charge is 0.303 e. The molecule has 27 heavy (non-hydrogen) atoms. The molecule has 152 valence electrons. The van der Waals surface area contributed by atoms with Crippen LogP contribution in [-0.4, -0.2) is 29.4 Å². The van der Waals surface area contributed by atoms with E-state index in [-0.39, 0.29) is 47.4 Å². The molecule has 0 aromatic carbocycles. The van der Waals surface area contributed by atoms with Crippen LogP contribution < -0.4 is 0 Å². The number of carboxylic acid groups (broad SMARTS) is 1. The second-order valence-electron chi connectivity index (χ2n) is 9.28. The molecule has 1 saturated carbocycles. The van der Waals surface area contributed by atoms with Gasteiger partial charge < -0.3 is 9.84 Å². The molecule has 2 rings (SSSR count). The van der Waals surface area contributed by atoms with Crippen molar-refractivity contribution in [1.29, 1.82) is 0 Å². The molecule has 5 nitrogen and oxygen atoms in total. The number of hydrogen-bond acceptors (Lipinski definition) is 4. The lowest BCUT2D eigenvalue weighted by Gasteiger charge is -2.58. The molecular weight excluding hydrogens is 344 g/mol. The third-order valence-electron chi connectivity index (χ3n) is 7.39. The molecular formula is C22H34O5. The lowest BCUT2D eigenvalue weighted by molar-refractivity contribution is -0.142. The van der Waals surface area contributed by atoms with E-state index < -0.39 is 5.97 Å². The summed E-state index contributed by atoms with van der Waals surface area (Å²) in [4.78, 5) is 34.8. The van der Waals surface area contributed by atoms with Crippen LogP contribution >= 0.6 is 0 Å². The molecule has 5 heteroatoms. The SMILES string of the molecule is CC(=O)OCC1=CC(=O)CC2C1(C)CCC(C)C2(C)CCC(C)CC(=O)O. The molecule has 1 fully saturated rings. The van der Waals surface area contributed by atoms with E-state index in [2.05, 4.69) is 20.8 Å². The Balaban J connectivity index is 2.26. The molecule has 1 N–H and O–H groups in total. The van der Waals surface area contributed by atoms with Crippen molar-refractivity contribution in [3.63, 3.8) is 0 Å². The van der Waals surface area contributed by atoms with Gasteiger partial charge in [-0.15, -0.1) is 0 Å². The van der Waals surface area contributed by atoms with E-state index in [1.165, 1.54) is 6.92 Å². The number of allylic oxidation sites excluding steroid dienone is 1. The van der Waals surface area contributed by atoms with Crippen molar-refractivity contribution in [3.8, 4) is 0 Å². The van der Waals surface area contributed by atoms with Crippen LogP contribution in [-0.2, 0) is 19.1 Å². The van der Waals surface area contributed by atoms with E-state index in [1.54, 1.807) is 6.08 Å². The predicted molar refractivity (Wildman–Crippen MR) is 103 cm³/mol. The van der Waals surface area contributed by atoms with Crippen LogP contribution in [0.25, 0.3) is 0 Å². The minimum absolute atomic E-state index is 0.0366. The number of carbonyl (C=O) groups is 3. The normalized spacial score (nSPS) is 34.4. The maximum atomic E-state index is 12.5. The molecule has 0 aromatic heterocycles. The van der Waals surface area contributed by atoms with E-state index in [9.17, 15) is 14.4 Å².